The largest absolute Gasteiger partial charge is 0.477 e. The molecule has 0 bridgehead atoms. The Morgan fingerprint density at radius 2 is 2.22 bits per heavy atom. The highest BCUT2D eigenvalue weighted by Gasteiger charge is 2.17. The Kier molecular flexibility index (Phi) is 4.12. The summed E-state index contributed by atoms with van der Waals surface area (Å²) in [5.74, 6) is 0.187. The first-order chi connectivity index (χ1) is 8.65. The van der Waals surface area contributed by atoms with Gasteiger partial charge >= 0.3 is 5.97 Å². The Labute approximate surface area is 107 Å². The van der Waals surface area contributed by atoms with Gasteiger partial charge in [0, 0.05) is 12.2 Å². The fourth-order valence-corrected chi connectivity index (χ4v) is 2.36. The molecule has 98 valence electrons. The molecule has 5 heteroatoms. The van der Waals surface area contributed by atoms with E-state index >= 15 is 0 Å². The van der Waals surface area contributed by atoms with E-state index in [-0.39, 0.29) is 5.69 Å². The molecule has 5 nitrogen and oxygen atoms in total. The van der Waals surface area contributed by atoms with Crippen LogP contribution >= 0.6 is 0 Å². The number of nitrogens with zero attached hydrogens (tertiary/aromatic N) is 2. The Bertz CT molecular complexity index is 422. The first kappa shape index (κ1) is 12.8. The van der Waals surface area contributed by atoms with E-state index < -0.39 is 5.97 Å². The maximum atomic E-state index is 10.8. The van der Waals surface area contributed by atoms with E-state index in [0.717, 1.165) is 18.8 Å². The molecule has 2 N–H and O–H groups in total. The molecule has 2 unspecified atom stereocenters. The first-order valence-electron chi connectivity index (χ1n) is 6.48. The van der Waals surface area contributed by atoms with Gasteiger partial charge in [-0.2, -0.15) is 0 Å². The van der Waals surface area contributed by atoms with Gasteiger partial charge < -0.3 is 10.4 Å². The molecular weight excluding hydrogens is 230 g/mol. The van der Waals surface area contributed by atoms with Crippen LogP contribution in [0.4, 0.5) is 5.95 Å². The molecule has 0 radical (unpaired) electrons. The zero-order valence-electron chi connectivity index (χ0n) is 10.6. The van der Waals surface area contributed by atoms with E-state index in [1.807, 2.05) is 0 Å². The van der Waals surface area contributed by atoms with E-state index in [1.165, 1.54) is 31.5 Å². The normalized spacial score (nSPS) is 24.3. The van der Waals surface area contributed by atoms with Crippen molar-refractivity contribution >= 4 is 11.9 Å². The molecule has 0 amide bonds. The maximum absolute atomic E-state index is 10.8. The van der Waals surface area contributed by atoms with E-state index in [0.29, 0.717) is 12.0 Å². The van der Waals surface area contributed by atoms with Crippen LogP contribution in [-0.4, -0.2) is 27.1 Å². The molecule has 2 rings (SSSR count). The van der Waals surface area contributed by atoms with Gasteiger partial charge in [-0.3, -0.25) is 0 Å². The van der Waals surface area contributed by atoms with E-state index in [2.05, 4.69) is 22.2 Å². The standard InChI is InChI=1S/C13H19N3O2/c1-9-3-2-4-10(6-5-9)15-13-14-8-7-11(16-13)12(17)18/h7-10H,2-6H2,1H3,(H,17,18)(H,14,15,16). The number of aromatic nitrogens is 2. The Hall–Kier alpha value is -1.65. The van der Waals surface area contributed by atoms with Gasteiger partial charge in [-0.05, 0) is 31.2 Å². The van der Waals surface area contributed by atoms with Crippen LogP contribution in [0.15, 0.2) is 12.3 Å². The average Bonchev–Trinajstić information content (AvgIpc) is 2.55. The predicted octanol–water partition coefficient (Wildman–Crippen LogP) is 2.56. The van der Waals surface area contributed by atoms with Crippen molar-refractivity contribution < 1.29 is 9.90 Å². The van der Waals surface area contributed by atoms with Crippen LogP contribution in [-0.2, 0) is 0 Å². The molecule has 1 aromatic heterocycles. The lowest BCUT2D eigenvalue weighted by molar-refractivity contribution is 0.0690. The first-order valence-corrected chi connectivity index (χ1v) is 6.48. The van der Waals surface area contributed by atoms with Crippen LogP contribution in [0, 0.1) is 5.92 Å². The highest BCUT2D eigenvalue weighted by molar-refractivity contribution is 5.85. The SMILES string of the molecule is CC1CCCC(Nc2nccc(C(=O)O)n2)CC1. The molecule has 0 aromatic carbocycles. The second-order valence-corrected chi connectivity index (χ2v) is 5.03. The number of anilines is 1. The van der Waals surface area contributed by atoms with E-state index in [1.54, 1.807) is 0 Å². The summed E-state index contributed by atoms with van der Waals surface area (Å²) >= 11 is 0. The fraction of sp³-hybridized carbons (Fsp3) is 0.615. The summed E-state index contributed by atoms with van der Waals surface area (Å²) < 4.78 is 0. The molecule has 0 spiro atoms. The minimum atomic E-state index is -1.02. The highest BCUT2D eigenvalue weighted by atomic mass is 16.4. The zero-order valence-corrected chi connectivity index (χ0v) is 10.6. The molecule has 1 aliphatic rings. The number of hydrogen-bond donors (Lipinski definition) is 2. The molecular formula is C13H19N3O2. The minimum Gasteiger partial charge on any atom is -0.477 e. The van der Waals surface area contributed by atoms with Crippen LogP contribution in [0.5, 0.6) is 0 Å². The van der Waals surface area contributed by atoms with Crippen molar-refractivity contribution in [1.29, 1.82) is 0 Å². The lowest BCUT2D eigenvalue weighted by Crippen LogP contribution is -2.20. The number of carbonyl (C=O) groups is 1. The number of carboxylic acids is 1. The smallest absolute Gasteiger partial charge is 0.354 e. The van der Waals surface area contributed by atoms with E-state index in [9.17, 15) is 4.79 Å². The summed E-state index contributed by atoms with van der Waals surface area (Å²) in [6, 6.07) is 1.77. The maximum Gasteiger partial charge on any atom is 0.354 e. The quantitative estimate of drug-likeness (QED) is 0.805. The van der Waals surface area contributed by atoms with Crippen LogP contribution < -0.4 is 5.32 Å². The Morgan fingerprint density at radius 1 is 1.39 bits per heavy atom. The minimum absolute atomic E-state index is 0.0366. The lowest BCUT2D eigenvalue weighted by atomic mass is 10.0. The molecule has 2 atom stereocenters. The van der Waals surface area contributed by atoms with Crippen LogP contribution in [0.3, 0.4) is 0 Å². The van der Waals surface area contributed by atoms with Crippen molar-refractivity contribution in [3.8, 4) is 0 Å². The van der Waals surface area contributed by atoms with Crippen molar-refractivity contribution in [2.75, 3.05) is 5.32 Å². The van der Waals surface area contributed by atoms with Gasteiger partial charge in [-0.25, -0.2) is 14.8 Å². The molecule has 1 aromatic rings. The Balaban J connectivity index is 2.00. The van der Waals surface area contributed by atoms with Crippen molar-refractivity contribution in [3.05, 3.63) is 18.0 Å². The summed E-state index contributed by atoms with van der Waals surface area (Å²) in [5.41, 5.74) is 0.0366. The monoisotopic (exact) mass is 249 g/mol. The summed E-state index contributed by atoms with van der Waals surface area (Å²) in [5, 5.41) is 12.1. The molecule has 1 saturated carbocycles. The molecule has 1 heterocycles. The van der Waals surface area contributed by atoms with Gasteiger partial charge in [0.1, 0.15) is 0 Å². The van der Waals surface area contributed by atoms with Gasteiger partial charge in [0.25, 0.3) is 0 Å². The van der Waals surface area contributed by atoms with E-state index in [4.69, 9.17) is 5.11 Å². The molecule has 18 heavy (non-hydrogen) atoms. The Morgan fingerprint density at radius 3 is 3.00 bits per heavy atom. The third-order valence-corrected chi connectivity index (χ3v) is 3.47. The highest BCUT2D eigenvalue weighted by Crippen LogP contribution is 2.24. The van der Waals surface area contributed by atoms with Gasteiger partial charge in [-0.15, -0.1) is 0 Å². The van der Waals surface area contributed by atoms with Gasteiger partial charge in [-0.1, -0.05) is 19.8 Å². The molecule has 0 aliphatic heterocycles. The van der Waals surface area contributed by atoms with Crippen molar-refractivity contribution in [1.82, 2.24) is 9.97 Å². The van der Waals surface area contributed by atoms with Crippen molar-refractivity contribution in [2.24, 2.45) is 5.92 Å². The number of nitrogens with one attached hydrogen (secondary N) is 1. The van der Waals surface area contributed by atoms with Gasteiger partial charge in [0.15, 0.2) is 5.69 Å². The van der Waals surface area contributed by atoms with Crippen molar-refractivity contribution in [2.45, 2.75) is 45.1 Å². The third-order valence-electron chi connectivity index (χ3n) is 3.47. The van der Waals surface area contributed by atoms with Gasteiger partial charge in [0.2, 0.25) is 5.95 Å². The van der Waals surface area contributed by atoms with Crippen LogP contribution in [0.25, 0.3) is 0 Å². The van der Waals surface area contributed by atoms with Crippen LogP contribution in [0.2, 0.25) is 0 Å². The second kappa shape index (κ2) is 5.80. The molecule has 1 aliphatic carbocycles. The molecule has 0 saturated heterocycles. The fourth-order valence-electron chi connectivity index (χ4n) is 2.36. The summed E-state index contributed by atoms with van der Waals surface area (Å²) in [6.45, 7) is 2.28. The summed E-state index contributed by atoms with van der Waals surface area (Å²) in [7, 11) is 0. The zero-order chi connectivity index (χ0) is 13.0. The number of hydrogen-bond acceptors (Lipinski definition) is 4. The molecule has 1 fully saturated rings. The number of rotatable bonds is 3. The average molecular weight is 249 g/mol. The number of aromatic carboxylic acids is 1. The second-order valence-electron chi connectivity index (χ2n) is 5.03. The predicted molar refractivity (Wildman–Crippen MR) is 68.7 cm³/mol. The van der Waals surface area contributed by atoms with Gasteiger partial charge in [0.05, 0.1) is 0 Å². The third kappa shape index (κ3) is 3.42. The lowest BCUT2D eigenvalue weighted by Gasteiger charge is -2.16. The topological polar surface area (TPSA) is 75.1 Å². The number of carboxylic acid groups (broad SMARTS) is 1. The summed E-state index contributed by atoms with van der Waals surface area (Å²) in [4.78, 5) is 18.9. The van der Waals surface area contributed by atoms with Crippen LogP contribution in [0.1, 0.15) is 49.5 Å². The van der Waals surface area contributed by atoms with Crippen molar-refractivity contribution in [3.63, 3.8) is 0 Å². The summed E-state index contributed by atoms with van der Waals surface area (Å²) in [6.07, 6.45) is 7.37.